The van der Waals surface area contributed by atoms with Gasteiger partial charge in [0.15, 0.2) is 5.78 Å². The zero-order valence-corrected chi connectivity index (χ0v) is 11.3. The van der Waals surface area contributed by atoms with E-state index >= 15 is 0 Å². The van der Waals surface area contributed by atoms with Gasteiger partial charge in [-0.05, 0) is 36.8 Å². The fourth-order valence-corrected chi connectivity index (χ4v) is 3.42. The number of rotatable bonds is 3. The Bertz CT molecular complexity index is 414. The number of ether oxygens (including phenoxy) is 1. The summed E-state index contributed by atoms with van der Waals surface area (Å²) in [7, 11) is 1.56. The van der Waals surface area contributed by atoms with Crippen LogP contribution in [0.5, 0.6) is 5.75 Å². The van der Waals surface area contributed by atoms with E-state index in [9.17, 15) is 4.79 Å². The first-order valence-electron chi connectivity index (χ1n) is 5.71. The van der Waals surface area contributed by atoms with Crippen LogP contribution in [0.4, 0.5) is 0 Å². The van der Waals surface area contributed by atoms with Gasteiger partial charge in [0.05, 0.1) is 17.4 Å². The largest absolute Gasteiger partial charge is 0.495 e. The van der Waals surface area contributed by atoms with Crippen LogP contribution in [0, 0.1) is 0 Å². The summed E-state index contributed by atoms with van der Waals surface area (Å²) in [6, 6.07) is 5.24. The Balaban J connectivity index is 2.18. The third-order valence-corrected chi connectivity index (χ3v) is 4.60. The number of carbonyl (C=O) groups is 1. The molecule has 0 aliphatic carbocycles. The quantitative estimate of drug-likeness (QED) is 0.781. The Labute approximate surface area is 111 Å². The van der Waals surface area contributed by atoms with Gasteiger partial charge in [0, 0.05) is 5.56 Å². The highest BCUT2D eigenvalue weighted by atomic mass is 35.5. The third-order valence-electron chi connectivity index (χ3n) is 2.91. The molecule has 1 fully saturated rings. The van der Waals surface area contributed by atoms with Gasteiger partial charge in [-0.1, -0.05) is 18.0 Å². The summed E-state index contributed by atoms with van der Waals surface area (Å²) >= 11 is 7.71. The number of carbonyl (C=O) groups excluding carboxylic acids is 1. The smallest absolute Gasteiger partial charge is 0.175 e. The maximum Gasteiger partial charge on any atom is 0.175 e. The Morgan fingerprint density at radius 1 is 1.47 bits per heavy atom. The Hall–Kier alpha value is -0.670. The first kappa shape index (κ1) is 12.8. The molecule has 0 bridgehead atoms. The molecule has 1 aromatic rings. The summed E-state index contributed by atoms with van der Waals surface area (Å²) in [6.07, 6.45) is 3.35. The van der Waals surface area contributed by atoms with Gasteiger partial charge < -0.3 is 4.74 Å². The highest BCUT2D eigenvalue weighted by Crippen LogP contribution is 2.30. The first-order chi connectivity index (χ1) is 8.22. The predicted octanol–water partition coefficient (Wildman–Crippen LogP) is 3.82. The van der Waals surface area contributed by atoms with Crippen molar-refractivity contribution in [3.05, 3.63) is 28.8 Å². The van der Waals surface area contributed by atoms with E-state index in [0.717, 1.165) is 18.6 Å². The van der Waals surface area contributed by atoms with E-state index < -0.39 is 0 Å². The van der Waals surface area contributed by atoms with Gasteiger partial charge >= 0.3 is 0 Å². The molecule has 1 aromatic carbocycles. The van der Waals surface area contributed by atoms with E-state index in [1.54, 1.807) is 37.1 Å². The summed E-state index contributed by atoms with van der Waals surface area (Å²) in [5.41, 5.74) is 0.700. The Morgan fingerprint density at radius 3 is 2.94 bits per heavy atom. The van der Waals surface area contributed by atoms with Crippen molar-refractivity contribution in [2.45, 2.75) is 24.5 Å². The van der Waals surface area contributed by atoms with Gasteiger partial charge in [-0.3, -0.25) is 4.79 Å². The normalized spacial score (nSPS) is 20.0. The molecule has 1 unspecified atom stereocenters. The molecule has 0 radical (unpaired) electrons. The lowest BCUT2D eigenvalue weighted by molar-refractivity contribution is 0.0984. The van der Waals surface area contributed by atoms with Crippen LogP contribution < -0.4 is 4.74 Å². The second kappa shape index (κ2) is 5.78. The topological polar surface area (TPSA) is 26.3 Å². The number of benzene rings is 1. The molecule has 4 heteroatoms. The molecule has 1 aliphatic heterocycles. The van der Waals surface area contributed by atoms with Crippen LogP contribution in [-0.4, -0.2) is 23.9 Å². The number of hydrogen-bond acceptors (Lipinski definition) is 3. The maximum atomic E-state index is 12.3. The fraction of sp³-hybridized carbons (Fsp3) is 0.462. The van der Waals surface area contributed by atoms with E-state index in [4.69, 9.17) is 16.3 Å². The van der Waals surface area contributed by atoms with Crippen molar-refractivity contribution >= 4 is 29.1 Å². The summed E-state index contributed by atoms with van der Waals surface area (Å²) < 4.78 is 5.13. The number of thioether (sulfide) groups is 1. The average Bonchev–Trinajstić information content (AvgIpc) is 2.39. The molecule has 2 rings (SSSR count). The van der Waals surface area contributed by atoms with E-state index in [1.807, 2.05) is 0 Å². The van der Waals surface area contributed by atoms with Gasteiger partial charge in [0.1, 0.15) is 5.75 Å². The van der Waals surface area contributed by atoms with Crippen molar-refractivity contribution in [1.82, 2.24) is 0 Å². The summed E-state index contributed by atoms with van der Waals surface area (Å²) in [5, 5.41) is 0.648. The lowest BCUT2D eigenvalue weighted by Crippen LogP contribution is -2.21. The van der Waals surface area contributed by atoms with Gasteiger partial charge in [0.2, 0.25) is 0 Å². The molecule has 0 spiro atoms. The third kappa shape index (κ3) is 2.96. The summed E-state index contributed by atoms with van der Waals surface area (Å²) in [6.45, 7) is 0. The summed E-state index contributed by atoms with van der Waals surface area (Å²) in [5.74, 6) is 1.85. The maximum absolute atomic E-state index is 12.3. The molecular weight excluding hydrogens is 256 g/mol. The fourth-order valence-electron chi connectivity index (χ4n) is 1.95. The van der Waals surface area contributed by atoms with Crippen LogP contribution in [0.1, 0.15) is 29.6 Å². The minimum Gasteiger partial charge on any atom is -0.495 e. The van der Waals surface area contributed by atoms with Gasteiger partial charge in [0.25, 0.3) is 0 Å². The minimum absolute atomic E-state index is 0.106. The van der Waals surface area contributed by atoms with Crippen LogP contribution in [0.2, 0.25) is 5.02 Å². The molecule has 92 valence electrons. The number of hydrogen-bond donors (Lipinski definition) is 0. The summed E-state index contributed by atoms with van der Waals surface area (Å²) in [4.78, 5) is 12.3. The second-order valence-corrected chi connectivity index (χ2v) is 5.79. The van der Waals surface area contributed by atoms with Crippen molar-refractivity contribution in [2.75, 3.05) is 12.9 Å². The molecule has 0 amide bonds. The van der Waals surface area contributed by atoms with Crippen LogP contribution >= 0.6 is 23.4 Å². The number of halogens is 1. The molecule has 0 aromatic heterocycles. The second-order valence-electron chi connectivity index (χ2n) is 4.07. The van der Waals surface area contributed by atoms with Crippen molar-refractivity contribution in [2.24, 2.45) is 0 Å². The van der Waals surface area contributed by atoms with Crippen LogP contribution in [0.15, 0.2) is 18.2 Å². The first-order valence-corrected chi connectivity index (χ1v) is 7.14. The van der Waals surface area contributed by atoms with E-state index in [0.29, 0.717) is 16.3 Å². The van der Waals surface area contributed by atoms with Crippen molar-refractivity contribution in [3.63, 3.8) is 0 Å². The van der Waals surface area contributed by atoms with Crippen molar-refractivity contribution < 1.29 is 9.53 Å². The lowest BCUT2D eigenvalue weighted by atomic mass is 10.0. The van der Waals surface area contributed by atoms with Crippen LogP contribution in [0.25, 0.3) is 0 Å². The molecule has 0 saturated carbocycles. The number of ketones is 1. The monoisotopic (exact) mass is 270 g/mol. The standard InChI is InChI=1S/C13H15ClO2S/c1-16-11-8-9(5-6-10(11)14)13(15)12-4-2-3-7-17-12/h5-6,8,12H,2-4,7H2,1H3. The van der Waals surface area contributed by atoms with E-state index in [2.05, 4.69) is 0 Å². The molecular formula is C13H15ClO2S. The van der Waals surface area contributed by atoms with Gasteiger partial charge in [-0.15, -0.1) is 0 Å². The molecule has 1 atom stereocenters. The SMILES string of the molecule is COc1cc(C(=O)C2CCCCS2)ccc1Cl. The van der Waals surface area contributed by atoms with Gasteiger partial charge in [-0.25, -0.2) is 0 Å². The predicted molar refractivity (Wildman–Crippen MR) is 72.4 cm³/mol. The average molecular weight is 271 g/mol. The minimum atomic E-state index is 0.106. The highest BCUT2D eigenvalue weighted by Gasteiger charge is 2.23. The zero-order chi connectivity index (χ0) is 12.3. The molecule has 0 N–H and O–H groups in total. The van der Waals surface area contributed by atoms with Crippen LogP contribution in [-0.2, 0) is 0 Å². The number of Topliss-reactive ketones (excluding diaryl/α,β-unsaturated/α-hetero) is 1. The van der Waals surface area contributed by atoms with E-state index in [1.165, 1.54) is 6.42 Å². The highest BCUT2D eigenvalue weighted by molar-refractivity contribution is 8.00. The molecule has 17 heavy (non-hydrogen) atoms. The van der Waals surface area contributed by atoms with Crippen LogP contribution in [0.3, 0.4) is 0 Å². The molecule has 2 nitrogen and oxygen atoms in total. The zero-order valence-electron chi connectivity index (χ0n) is 9.74. The van der Waals surface area contributed by atoms with Gasteiger partial charge in [-0.2, -0.15) is 11.8 Å². The van der Waals surface area contributed by atoms with Crippen molar-refractivity contribution in [1.29, 1.82) is 0 Å². The number of methoxy groups -OCH3 is 1. The molecule has 1 saturated heterocycles. The molecule has 1 heterocycles. The molecule has 1 aliphatic rings. The van der Waals surface area contributed by atoms with E-state index in [-0.39, 0.29) is 11.0 Å². The Kier molecular flexibility index (Phi) is 4.35. The lowest BCUT2D eigenvalue weighted by Gasteiger charge is -2.20. The Morgan fingerprint density at radius 2 is 2.29 bits per heavy atom. The van der Waals surface area contributed by atoms with Crippen molar-refractivity contribution in [3.8, 4) is 5.75 Å².